The molecule has 3 aromatic rings. The van der Waals surface area contributed by atoms with Crippen LogP contribution in [0.1, 0.15) is 48.6 Å². The second kappa shape index (κ2) is 11.2. The molecule has 0 spiro atoms. The Labute approximate surface area is 197 Å². The van der Waals surface area contributed by atoms with Gasteiger partial charge in [0, 0.05) is 22.8 Å². The van der Waals surface area contributed by atoms with Gasteiger partial charge in [-0.25, -0.2) is 0 Å². The summed E-state index contributed by atoms with van der Waals surface area (Å²) in [6.45, 7) is 6.50. The first kappa shape index (κ1) is 23.8. The number of hydrogen-bond acceptors (Lipinski definition) is 5. The number of benzene rings is 2. The molecule has 0 aliphatic carbocycles. The molecule has 3 rings (SSSR count). The number of hydrogen-bond donors (Lipinski definition) is 2. The van der Waals surface area contributed by atoms with E-state index in [1.54, 1.807) is 24.3 Å². The van der Waals surface area contributed by atoms with Crippen LogP contribution in [0, 0.1) is 0 Å². The van der Waals surface area contributed by atoms with E-state index < -0.39 is 0 Å². The molecule has 0 fully saturated rings. The van der Waals surface area contributed by atoms with Gasteiger partial charge in [0.2, 0.25) is 5.91 Å². The van der Waals surface area contributed by atoms with Gasteiger partial charge < -0.3 is 15.2 Å². The molecule has 0 aliphatic rings. The summed E-state index contributed by atoms with van der Waals surface area (Å²) >= 11 is 7.21. The van der Waals surface area contributed by atoms with Crippen LogP contribution >= 0.6 is 23.4 Å². The Kier molecular flexibility index (Phi) is 8.30. The molecule has 1 aromatic heterocycles. The third-order valence-corrected chi connectivity index (χ3v) is 6.13. The molecule has 1 atom stereocenters. The van der Waals surface area contributed by atoms with Gasteiger partial charge in [0.15, 0.2) is 11.0 Å². The fourth-order valence-electron chi connectivity index (χ4n) is 3.24. The lowest BCUT2D eigenvalue weighted by molar-refractivity contribution is -0.113. The molecule has 0 saturated heterocycles. The van der Waals surface area contributed by atoms with Crippen LogP contribution in [-0.4, -0.2) is 32.3 Å². The first-order valence-corrected chi connectivity index (χ1v) is 11.8. The van der Waals surface area contributed by atoms with Crippen molar-refractivity contribution in [3.63, 3.8) is 0 Å². The molecular weight excluding hydrogens is 446 g/mol. The van der Waals surface area contributed by atoms with Crippen LogP contribution in [0.25, 0.3) is 0 Å². The van der Waals surface area contributed by atoms with Gasteiger partial charge in [-0.2, -0.15) is 0 Å². The fraction of sp³-hybridized carbons (Fsp3) is 0.304. The van der Waals surface area contributed by atoms with E-state index in [4.69, 9.17) is 11.6 Å². The lowest BCUT2D eigenvalue weighted by Crippen LogP contribution is -2.28. The van der Waals surface area contributed by atoms with Crippen LogP contribution in [0.4, 0.5) is 5.69 Å². The number of carbonyl (C=O) groups is 2. The van der Waals surface area contributed by atoms with Gasteiger partial charge in [0.25, 0.3) is 5.91 Å². The predicted molar refractivity (Wildman–Crippen MR) is 128 cm³/mol. The zero-order valence-electron chi connectivity index (χ0n) is 18.3. The van der Waals surface area contributed by atoms with Gasteiger partial charge >= 0.3 is 0 Å². The zero-order valence-corrected chi connectivity index (χ0v) is 19.8. The summed E-state index contributed by atoms with van der Waals surface area (Å²) in [6.07, 6.45) is 0.844. The van der Waals surface area contributed by atoms with E-state index in [1.165, 1.54) is 11.8 Å². The largest absolute Gasteiger partial charge is 0.342 e. The number of amides is 2. The quantitative estimate of drug-likeness (QED) is 0.440. The van der Waals surface area contributed by atoms with Crippen LogP contribution in [-0.2, 0) is 17.8 Å². The van der Waals surface area contributed by atoms with Crippen LogP contribution in [0.15, 0.2) is 53.7 Å². The Morgan fingerprint density at radius 3 is 2.50 bits per heavy atom. The van der Waals surface area contributed by atoms with Gasteiger partial charge in [-0.1, -0.05) is 48.5 Å². The van der Waals surface area contributed by atoms with Crippen molar-refractivity contribution in [2.75, 3.05) is 11.1 Å². The molecule has 0 saturated carbocycles. The van der Waals surface area contributed by atoms with E-state index in [0.29, 0.717) is 28.1 Å². The van der Waals surface area contributed by atoms with Crippen molar-refractivity contribution in [1.82, 2.24) is 20.1 Å². The normalized spacial score (nSPS) is 11.8. The zero-order chi connectivity index (χ0) is 23.1. The Morgan fingerprint density at radius 2 is 1.81 bits per heavy atom. The Morgan fingerprint density at radius 1 is 1.09 bits per heavy atom. The average molecular weight is 472 g/mol. The van der Waals surface area contributed by atoms with Gasteiger partial charge in [0.05, 0.1) is 11.8 Å². The van der Waals surface area contributed by atoms with Crippen molar-refractivity contribution in [1.29, 1.82) is 0 Å². The number of anilines is 1. The van der Waals surface area contributed by atoms with Crippen molar-refractivity contribution in [3.05, 3.63) is 70.5 Å². The number of para-hydroxylation sites is 1. The van der Waals surface area contributed by atoms with Crippen LogP contribution < -0.4 is 10.6 Å². The molecule has 9 heteroatoms. The number of nitrogens with zero attached hydrogens (tertiary/aromatic N) is 3. The molecule has 168 valence electrons. The van der Waals surface area contributed by atoms with Gasteiger partial charge in [-0.05, 0) is 56.2 Å². The summed E-state index contributed by atoms with van der Waals surface area (Å²) in [5.74, 6) is 0.519. The number of rotatable bonds is 9. The summed E-state index contributed by atoms with van der Waals surface area (Å²) in [5, 5.41) is 15.6. The van der Waals surface area contributed by atoms with Gasteiger partial charge in [0.1, 0.15) is 0 Å². The third kappa shape index (κ3) is 5.89. The second-order valence-electron chi connectivity index (χ2n) is 7.13. The van der Waals surface area contributed by atoms with Crippen molar-refractivity contribution >= 4 is 40.9 Å². The molecule has 2 N–H and O–H groups in total. The van der Waals surface area contributed by atoms with E-state index in [-0.39, 0.29) is 23.6 Å². The van der Waals surface area contributed by atoms with Crippen molar-refractivity contribution in [3.8, 4) is 0 Å². The maximum Gasteiger partial charge on any atom is 0.251 e. The Hall–Kier alpha value is -2.84. The van der Waals surface area contributed by atoms with Crippen LogP contribution in [0.3, 0.4) is 0 Å². The van der Waals surface area contributed by atoms with Crippen molar-refractivity contribution < 1.29 is 9.59 Å². The number of thioether (sulfide) groups is 1. The molecule has 0 unspecified atom stereocenters. The Bertz CT molecular complexity index is 1080. The first-order chi connectivity index (χ1) is 15.4. The monoisotopic (exact) mass is 471 g/mol. The fourth-order valence-corrected chi connectivity index (χ4v) is 4.17. The lowest BCUT2D eigenvalue weighted by atomic mass is 10.1. The number of nitrogens with one attached hydrogen (secondary N) is 2. The number of aryl methyl sites for hydroxylation is 1. The molecule has 1 heterocycles. The van der Waals surface area contributed by atoms with E-state index >= 15 is 0 Å². The van der Waals surface area contributed by atoms with E-state index in [1.807, 2.05) is 42.7 Å². The molecule has 2 amide bonds. The molecule has 0 aliphatic heterocycles. The summed E-state index contributed by atoms with van der Waals surface area (Å²) in [5.41, 5.74) is 2.44. The highest BCUT2D eigenvalue weighted by atomic mass is 35.5. The molecule has 32 heavy (non-hydrogen) atoms. The Balaban J connectivity index is 1.63. The third-order valence-electron chi connectivity index (χ3n) is 4.91. The summed E-state index contributed by atoms with van der Waals surface area (Å²) in [4.78, 5) is 25.0. The minimum atomic E-state index is -0.356. The minimum absolute atomic E-state index is 0.104. The van der Waals surface area contributed by atoms with E-state index in [9.17, 15) is 9.59 Å². The van der Waals surface area contributed by atoms with Crippen molar-refractivity contribution in [2.24, 2.45) is 0 Å². The van der Waals surface area contributed by atoms with Crippen LogP contribution in [0.5, 0.6) is 0 Å². The topological polar surface area (TPSA) is 88.9 Å². The summed E-state index contributed by atoms with van der Waals surface area (Å²) in [6, 6.07) is 14.1. The molecular formula is C23H26ClN5O2S. The van der Waals surface area contributed by atoms with Crippen molar-refractivity contribution in [2.45, 2.75) is 44.9 Å². The highest BCUT2D eigenvalue weighted by Gasteiger charge is 2.20. The average Bonchev–Trinajstić information content (AvgIpc) is 3.21. The molecule has 0 radical (unpaired) electrons. The highest BCUT2D eigenvalue weighted by Crippen LogP contribution is 2.22. The smallest absolute Gasteiger partial charge is 0.251 e. The molecule has 0 bridgehead atoms. The first-order valence-electron chi connectivity index (χ1n) is 10.4. The van der Waals surface area contributed by atoms with Crippen LogP contribution in [0.2, 0.25) is 5.02 Å². The number of halogens is 1. The maximum absolute atomic E-state index is 12.5. The minimum Gasteiger partial charge on any atom is -0.342 e. The lowest BCUT2D eigenvalue weighted by Gasteiger charge is -2.15. The molecule has 7 nitrogen and oxygen atoms in total. The summed E-state index contributed by atoms with van der Waals surface area (Å²) < 4.78 is 1.91. The highest BCUT2D eigenvalue weighted by molar-refractivity contribution is 7.99. The van der Waals surface area contributed by atoms with Gasteiger partial charge in [-0.3, -0.25) is 9.59 Å². The maximum atomic E-state index is 12.5. The predicted octanol–water partition coefficient (Wildman–Crippen LogP) is 4.74. The van der Waals surface area contributed by atoms with E-state index in [2.05, 4.69) is 27.8 Å². The second-order valence-corrected chi connectivity index (χ2v) is 8.51. The van der Waals surface area contributed by atoms with Gasteiger partial charge in [-0.15, -0.1) is 10.2 Å². The SMILES string of the molecule is CCc1ccccc1NC(=O)CSc1nnc([C@@H](C)NC(=O)c2ccc(Cl)cc2)n1CC. The number of carbonyl (C=O) groups excluding carboxylic acids is 2. The number of aromatic nitrogens is 3. The summed E-state index contributed by atoms with van der Waals surface area (Å²) in [7, 11) is 0. The standard InChI is InChI=1S/C23H26ClN5O2S/c1-4-16-8-6-7-9-19(16)26-20(30)14-32-23-28-27-21(29(23)5-2)15(3)25-22(31)17-10-12-18(24)13-11-17/h6-13,15H,4-5,14H2,1-3H3,(H,25,31)(H,26,30)/t15-/m1/s1. The molecule has 2 aromatic carbocycles. The van der Waals surface area contributed by atoms with E-state index in [0.717, 1.165) is 17.7 Å².